The van der Waals surface area contributed by atoms with Crippen LogP contribution in [0.2, 0.25) is 0 Å². The predicted octanol–water partition coefficient (Wildman–Crippen LogP) is 9.03. The Morgan fingerprint density at radius 1 is 0.340 bits per heavy atom. The summed E-state index contributed by atoms with van der Waals surface area (Å²) in [6, 6.07) is 40.2. The van der Waals surface area contributed by atoms with Crippen molar-refractivity contribution < 1.29 is 40.5 Å². The molecule has 0 aliphatic carbocycles. The lowest BCUT2D eigenvalue weighted by Crippen LogP contribution is -2.12. The average Bonchev–Trinajstić information content (AvgIpc) is 3.17. The number of hydrogen-bond acceptors (Lipinski definition) is 9. The number of aryl methyl sites for hydroxylation is 2. The van der Waals surface area contributed by atoms with Gasteiger partial charge in [0.1, 0.15) is 47.7 Å². The first-order chi connectivity index (χ1) is 25.6. The standard InChI is InChI=1S/C42H38O9S2/c1-31-3-7-35(8-4-31)50-37-15-23-41(24-16-37)52(43,44)39-19-11-33(12-20-39)48-29-27-47-28-30-49-34-13-21-40(22-14-34)53(45,46)42-25-17-38(18-26-42)51-36-9-5-32(2)6-10-36/h3-26H,27-30H2,1-2H3. The molecule has 0 spiro atoms. The van der Waals surface area contributed by atoms with Crippen LogP contribution in [0, 0.1) is 13.8 Å². The molecule has 6 aromatic carbocycles. The van der Waals surface area contributed by atoms with E-state index in [1.807, 2.05) is 62.4 Å². The van der Waals surface area contributed by atoms with Gasteiger partial charge in [-0.15, -0.1) is 0 Å². The van der Waals surface area contributed by atoms with Crippen LogP contribution in [0.1, 0.15) is 11.1 Å². The number of hydrogen-bond donors (Lipinski definition) is 0. The highest BCUT2D eigenvalue weighted by atomic mass is 32.2. The minimum atomic E-state index is -3.73. The Kier molecular flexibility index (Phi) is 11.8. The van der Waals surface area contributed by atoms with Crippen molar-refractivity contribution >= 4 is 19.7 Å². The van der Waals surface area contributed by atoms with Crippen molar-refractivity contribution in [3.63, 3.8) is 0 Å². The Labute approximate surface area is 310 Å². The van der Waals surface area contributed by atoms with E-state index < -0.39 is 19.7 Å². The van der Waals surface area contributed by atoms with E-state index in [-0.39, 0.29) is 46.0 Å². The Bertz CT molecular complexity index is 2140. The molecule has 6 aromatic rings. The van der Waals surface area contributed by atoms with Gasteiger partial charge in [0, 0.05) is 0 Å². The molecule has 11 heteroatoms. The maximum absolute atomic E-state index is 13.2. The Morgan fingerprint density at radius 3 is 0.868 bits per heavy atom. The predicted molar refractivity (Wildman–Crippen MR) is 201 cm³/mol. The van der Waals surface area contributed by atoms with Gasteiger partial charge in [-0.3, -0.25) is 0 Å². The van der Waals surface area contributed by atoms with Gasteiger partial charge in [0.2, 0.25) is 19.7 Å². The van der Waals surface area contributed by atoms with E-state index in [1.165, 1.54) is 48.5 Å². The highest BCUT2D eigenvalue weighted by Gasteiger charge is 2.19. The third-order valence-electron chi connectivity index (χ3n) is 8.04. The van der Waals surface area contributed by atoms with E-state index in [4.69, 9.17) is 23.7 Å². The van der Waals surface area contributed by atoms with Gasteiger partial charge in [0.25, 0.3) is 0 Å². The summed E-state index contributed by atoms with van der Waals surface area (Å²) in [5, 5.41) is 0. The van der Waals surface area contributed by atoms with Crippen molar-refractivity contribution in [2.24, 2.45) is 0 Å². The molecule has 0 unspecified atom stereocenters. The van der Waals surface area contributed by atoms with E-state index in [0.29, 0.717) is 34.5 Å². The zero-order chi connectivity index (χ0) is 37.3. The quantitative estimate of drug-likeness (QED) is 0.0894. The van der Waals surface area contributed by atoms with Crippen molar-refractivity contribution in [3.05, 3.63) is 157 Å². The van der Waals surface area contributed by atoms with E-state index in [9.17, 15) is 16.8 Å². The molecule has 0 heterocycles. The summed E-state index contributed by atoms with van der Waals surface area (Å²) in [6.45, 7) is 5.05. The molecule has 0 atom stereocenters. The SMILES string of the molecule is Cc1ccc(Oc2ccc(S(=O)(=O)c3ccc(OCCOCCOc4ccc(S(=O)(=O)c5ccc(Oc6ccc(C)cc6)cc5)cc4)cc3)cc2)cc1. The largest absolute Gasteiger partial charge is 0.491 e. The minimum absolute atomic E-state index is 0.148. The molecule has 0 saturated heterocycles. The van der Waals surface area contributed by atoms with Crippen LogP contribution >= 0.6 is 0 Å². The van der Waals surface area contributed by atoms with Gasteiger partial charge < -0.3 is 23.7 Å². The molecule has 0 bridgehead atoms. The number of rotatable bonds is 16. The summed E-state index contributed by atoms with van der Waals surface area (Å²) in [4.78, 5) is 0.611. The molecule has 6 rings (SSSR count). The molecule has 9 nitrogen and oxygen atoms in total. The van der Waals surface area contributed by atoms with Gasteiger partial charge in [-0.1, -0.05) is 35.4 Å². The molecular formula is C42H38O9S2. The monoisotopic (exact) mass is 750 g/mol. The van der Waals surface area contributed by atoms with E-state index in [0.717, 1.165) is 11.1 Å². The van der Waals surface area contributed by atoms with Crippen molar-refractivity contribution in [2.45, 2.75) is 33.4 Å². The van der Waals surface area contributed by atoms with E-state index in [2.05, 4.69) is 0 Å². The molecule has 0 aromatic heterocycles. The zero-order valence-electron chi connectivity index (χ0n) is 29.2. The van der Waals surface area contributed by atoms with Crippen LogP contribution in [0.4, 0.5) is 0 Å². The third kappa shape index (κ3) is 9.83. The minimum Gasteiger partial charge on any atom is -0.491 e. The molecule has 0 N–H and O–H groups in total. The molecule has 0 fully saturated rings. The summed E-state index contributed by atoms with van der Waals surface area (Å²) in [5.41, 5.74) is 2.24. The highest BCUT2D eigenvalue weighted by Crippen LogP contribution is 2.29. The van der Waals surface area contributed by atoms with E-state index in [1.54, 1.807) is 48.5 Å². The summed E-state index contributed by atoms with van der Waals surface area (Å²) < 4.78 is 81.2. The first-order valence-corrected chi connectivity index (χ1v) is 19.8. The fourth-order valence-electron chi connectivity index (χ4n) is 5.10. The zero-order valence-corrected chi connectivity index (χ0v) is 30.8. The van der Waals surface area contributed by atoms with Crippen LogP contribution in [0.25, 0.3) is 0 Å². The average molecular weight is 751 g/mol. The van der Waals surface area contributed by atoms with Gasteiger partial charge in [-0.05, 0) is 135 Å². The Morgan fingerprint density at radius 2 is 0.585 bits per heavy atom. The summed E-state index contributed by atoms with van der Waals surface area (Å²) >= 11 is 0. The van der Waals surface area contributed by atoms with Crippen LogP contribution in [0.5, 0.6) is 34.5 Å². The lowest BCUT2D eigenvalue weighted by molar-refractivity contribution is 0.0764. The molecule has 272 valence electrons. The van der Waals surface area contributed by atoms with E-state index >= 15 is 0 Å². The number of benzene rings is 6. The molecular weight excluding hydrogens is 713 g/mol. The molecule has 0 radical (unpaired) electrons. The van der Waals surface area contributed by atoms with Crippen LogP contribution in [0.15, 0.2) is 165 Å². The van der Waals surface area contributed by atoms with Gasteiger partial charge in [-0.25, -0.2) is 16.8 Å². The van der Waals surface area contributed by atoms with Gasteiger partial charge in [0.15, 0.2) is 0 Å². The highest BCUT2D eigenvalue weighted by molar-refractivity contribution is 7.91. The maximum Gasteiger partial charge on any atom is 0.206 e. The summed E-state index contributed by atoms with van der Waals surface area (Å²) in [7, 11) is -7.45. The van der Waals surface area contributed by atoms with Crippen LogP contribution in [-0.4, -0.2) is 43.3 Å². The van der Waals surface area contributed by atoms with Crippen LogP contribution in [-0.2, 0) is 24.4 Å². The molecule has 0 amide bonds. The van der Waals surface area contributed by atoms with Crippen LogP contribution < -0.4 is 18.9 Å². The molecule has 0 aliphatic rings. The van der Waals surface area contributed by atoms with Crippen molar-refractivity contribution in [1.82, 2.24) is 0 Å². The normalized spacial score (nSPS) is 11.5. The van der Waals surface area contributed by atoms with Crippen molar-refractivity contribution in [3.8, 4) is 34.5 Å². The van der Waals surface area contributed by atoms with Crippen molar-refractivity contribution in [2.75, 3.05) is 26.4 Å². The van der Waals surface area contributed by atoms with Gasteiger partial charge in [-0.2, -0.15) is 0 Å². The maximum atomic E-state index is 13.2. The Balaban J connectivity index is 0.898. The molecule has 0 saturated carbocycles. The summed E-state index contributed by atoms with van der Waals surface area (Å²) in [6.07, 6.45) is 0. The lowest BCUT2D eigenvalue weighted by atomic mass is 10.2. The third-order valence-corrected chi connectivity index (χ3v) is 11.6. The fourth-order valence-corrected chi connectivity index (χ4v) is 7.62. The first-order valence-electron chi connectivity index (χ1n) is 16.8. The topological polar surface area (TPSA) is 114 Å². The lowest BCUT2D eigenvalue weighted by Gasteiger charge is -2.11. The molecule has 0 aliphatic heterocycles. The summed E-state index contributed by atoms with van der Waals surface area (Å²) in [5.74, 6) is 3.43. The van der Waals surface area contributed by atoms with Gasteiger partial charge in [0.05, 0.1) is 32.8 Å². The number of sulfone groups is 2. The number of ether oxygens (including phenoxy) is 5. The fraction of sp³-hybridized carbons (Fsp3) is 0.143. The smallest absolute Gasteiger partial charge is 0.206 e. The second-order valence-corrected chi connectivity index (χ2v) is 15.9. The first kappa shape index (κ1) is 37.1. The second kappa shape index (κ2) is 16.8. The molecule has 53 heavy (non-hydrogen) atoms. The van der Waals surface area contributed by atoms with Gasteiger partial charge >= 0.3 is 0 Å². The Hall–Kier alpha value is -5.62. The van der Waals surface area contributed by atoms with Crippen molar-refractivity contribution in [1.29, 1.82) is 0 Å². The second-order valence-electron chi connectivity index (χ2n) is 12.0. The van der Waals surface area contributed by atoms with Crippen LogP contribution in [0.3, 0.4) is 0 Å².